The first kappa shape index (κ1) is 8.33. The van der Waals surface area contributed by atoms with Crippen molar-refractivity contribution in [3.05, 3.63) is 16.9 Å². The van der Waals surface area contributed by atoms with Gasteiger partial charge in [-0.05, 0) is 0 Å². The van der Waals surface area contributed by atoms with Crippen molar-refractivity contribution in [2.45, 2.75) is 0 Å². The van der Waals surface area contributed by atoms with Crippen LogP contribution in [0.25, 0.3) is 0 Å². The molecular weight excluding hydrogens is 192 g/mol. The molecule has 0 atom stereocenters. The van der Waals surface area contributed by atoms with Crippen molar-refractivity contribution < 1.29 is 0 Å². The zero-order valence-electron chi connectivity index (χ0n) is 7.24. The number of hydrogen-bond acceptors (Lipinski definition) is 5. The molecule has 1 aromatic heterocycles. The number of aryl methyl sites for hydroxylation is 1. The number of halogens is 1. The van der Waals surface area contributed by atoms with E-state index >= 15 is 0 Å². The number of hydrogen-bond donors (Lipinski definition) is 2. The maximum atomic E-state index is 5.99. The standard InChI is InChI=1S/C6H9ClN6/c1-12-5(7)4(3-8-12)6-9-10-11-13(6)2/h3,10-11H,1-2H3. The van der Waals surface area contributed by atoms with Crippen LogP contribution in [0.15, 0.2) is 11.3 Å². The van der Waals surface area contributed by atoms with Crippen LogP contribution in [-0.4, -0.2) is 27.7 Å². The molecule has 0 aliphatic carbocycles. The SMILES string of the molecule is CN1NNN=C1c1cnn(C)c1Cl. The highest BCUT2D eigenvalue weighted by atomic mass is 35.5. The number of amidine groups is 1. The molecule has 1 aliphatic rings. The number of aromatic nitrogens is 2. The van der Waals surface area contributed by atoms with Crippen LogP contribution in [0.5, 0.6) is 0 Å². The second-order valence-corrected chi connectivity index (χ2v) is 3.05. The summed E-state index contributed by atoms with van der Waals surface area (Å²) in [4.78, 5) is 0. The molecule has 1 aromatic rings. The number of nitrogens with zero attached hydrogens (tertiary/aromatic N) is 4. The van der Waals surface area contributed by atoms with Gasteiger partial charge in [0.1, 0.15) is 5.15 Å². The predicted molar refractivity (Wildman–Crippen MR) is 48.8 cm³/mol. The van der Waals surface area contributed by atoms with E-state index in [-0.39, 0.29) is 0 Å². The van der Waals surface area contributed by atoms with E-state index in [0.29, 0.717) is 5.15 Å². The molecule has 0 fully saturated rings. The molecule has 0 unspecified atom stereocenters. The Kier molecular flexibility index (Phi) is 1.86. The lowest BCUT2D eigenvalue weighted by molar-refractivity contribution is 0.349. The molecule has 2 heterocycles. The minimum atomic E-state index is 0.566. The minimum Gasteiger partial charge on any atom is -0.274 e. The highest BCUT2D eigenvalue weighted by Gasteiger charge is 2.19. The molecule has 2 rings (SSSR count). The Morgan fingerprint density at radius 2 is 2.23 bits per heavy atom. The maximum Gasteiger partial charge on any atom is 0.177 e. The van der Waals surface area contributed by atoms with E-state index in [0.717, 1.165) is 11.4 Å². The molecular formula is C6H9ClN6. The molecule has 7 heteroatoms. The Balaban J connectivity index is 2.40. The van der Waals surface area contributed by atoms with Gasteiger partial charge in [-0.1, -0.05) is 11.6 Å². The van der Waals surface area contributed by atoms with E-state index in [1.165, 1.54) is 0 Å². The first-order valence-electron chi connectivity index (χ1n) is 3.70. The summed E-state index contributed by atoms with van der Waals surface area (Å²) in [5, 5.41) is 10.3. The molecule has 0 amide bonds. The summed E-state index contributed by atoms with van der Waals surface area (Å²) in [6.07, 6.45) is 1.67. The summed E-state index contributed by atoms with van der Waals surface area (Å²) in [5.74, 6) is 0.720. The van der Waals surface area contributed by atoms with Crippen LogP contribution >= 0.6 is 11.6 Å². The largest absolute Gasteiger partial charge is 0.274 e. The summed E-state index contributed by atoms with van der Waals surface area (Å²) in [5.41, 5.74) is 6.21. The van der Waals surface area contributed by atoms with E-state index in [1.54, 1.807) is 22.9 Å². The van der Waals surface area contributed by atoms with E-state index in [9.17, 15) is 0 Å². The third-order valence-corrected chi connectivity index (χ3v) is 2.25. The summed E-state index contributed by atoms with van der Waals surface area (Å²) in [6.45, 7) is 0. The van der Waals surface area contributed by atoms with Gasteiger partial charge in [0.2, 0.25) is 0 Å². The van der Waals surface area contributed by atoms with E-state index in [4.69, 9.17) is 11.6 Å². The molecule has 1 aliphatic heterocycles. The molecule has 0 aromatic carbocycles. The number of hydrazine groups is 2. The lowest BCUT2D eigenvalue weighted by Crippen LogP contribution is -2.37. The van der Waals surface area contributed by atoms with Crippen molar-refractivity contribution in [2.24, 2.45) is 12.1 Å². The lowest BCUT2D eigenvalue weighted by Gasteiger charge is -2.10. The third-order valence-electron chi connectivity index (χ3n) is 1.80. The van der Waals surface area contributed by atoms with E-state index < -0.39 is 0 Å². The predicted octanol–water partition coefficient (Wildman–Crippen LogP) is -0.310. The topological polar surface area (TPSA) is 57.5 Å². The Labute approximate surface area is 80.1 Å². The molecule has 0 saturated heterocycles. The van der Waals surface area contributed by atoms with Gasteiger partial charge in [0.25, 0.3) is 0 Å². The van der Waals surface area contributed by atoms with Gasteiger partial charge >= 0.3 is 0 Å². The first-order chi connectivity index (χ1) is 6.20. The molecule has 6 nitrogen and oxygen atoms in total. The Morgan fingerprint density at radius 1 is 1.46 bits per heavy atom. The van der Waals surface area contributed by atoms with Crippen LogP contribution in [0, 0.1) is 0 Å². The normalized spacial score (nSPS) is 15.9. The van der Waals surface area contributed by atoms with Gasteiger partial charge < -0.3 is 0 Å². The lowest BCUT2D eigenvalue weighted by atomic mass is 10.3. The van der Waals surface area contributed by atoms with Crippen LogP contribution in [0.3, 0.4) is 0 Å². The Hall–Kier alpha value is -1.27. The first-order valence-corrected chi connectivity index (χ1v) is 4.08. The van der Waals surface area contributed by atoms with Crippen molar-refractivity contribution >= 4 is 17.4 Å². The molecule has 2 N–H and O–H groups in total. The quantitative estimate of drug-likeness (QED) is 0.653. The summed E-state index contributed by atoms with van der Waals surface area (Å²) < 4.78 is 1.59. The van der Waals surface area contributed by atoms with Crippen LogP contribution in [0.2, 0.25) is 5.15 Å². The number of hydrazone groups is 1. The molecule has 0 bridgehead atoms. The second-order valence-electron chi connectivity index (χ2n) is 2.69. The summed E-state index contributed by atoms with van der Waals surface area (Å²) in [6, 6.07) is 0. The summed E-state index contributed by atoms with van der Waals surface area (Å²) in [7, 11) is 3.62. The average molecular weight is 201 g/mol. The van der Waals surface area contributed by atoms with Crippen molar-refractivity contribution in [3.63, 3.8) is 0 Å². The molecule has 0 saturated carbocycles. The fraction of sp³-hybridized carbons (Fsp3) is 0.333. The van der Waals surface area contributed by atoms with Crippen molar-refractivity contribution in [1.29, 1.82) is 0 Å². The zero-order valence-corrected chi connectivity index (χ0v) is 8.00. The van der Waals surface area contributed by atoms with Crippen LogP contribution < -0.4 is 11.1 Å². The van der Waals surface area contributed by atoms with E-state index in [1.807, 2.05) is 7.05 Å². The maximum absolute atomic E-state index is 5.99. The monoisotopic (exact) mass is 200 g/mol. The van der Waals surface area contributed by atoms with Gasteiger partial charge in [0, 0.05) is 14.1 Å². The van der Waals surface area contributed by atoms with Crippen LogP contribution in [0.4, 0.5) is 0 Å². The van der Waals surface area contributed by atoms with Gasteiger partial charge in [-0.3, -0.25) is 9.69 Å². The minimum absolute atomic E-state index is 0.566. The van der Waals surface area contributed by atoms with Crippen LogP contribution in [-0.2, 0) is 7.05 Å². The second kappa shape index (κ2) is 2.90. The molecule has 0 radical (unpaired) electrons. The van der Waals surface area contributed by atoms with Gasteiger partial charge in [0.05, 0.1) is 11.8 Å². The highest BCUT2D eigenvalue weighted by Crippen LogP contribution is 2.16. The Bertz CT molecular complexity index is 356. The third kappa shape index (κ3) is 1.24. The van der Waals surface area contributed by atoms with Crippen molar-refractivity contribution in [1.82, 2.24) is 25.9 Å². The zero-order chi connectivity index (χ0) is 9.42. The van der Waals surface area contributed by atoms with Gasteiger partial charge in [-0.2, -0.15) is 5.10 Å². The fourth-order valence-corrected chi connectivity index (χ4v) is 1.27. The average Bonchev–Trinajstić information content (AvgIpc) is 2.62. The smallest absolute Gasteiger partial charge is 0.177 e. The van der Waals surface area contributed by atoms with Crippen LogP contribution in [0.1, 0.15) is 5.56 Å². The van der Waals surface area contributed by atoms with Crippen molar-refractivity contribution in [2.75, 3.05) is 7.05 Å². The molecule has 70 valence electrons. The highest BCUT2D eigenvalue weighted by molar-refractivity contribution is 6.33. The van der Waals surface area contributed by atoms with Gasteiger partial charge in [0.15, 0.2) is 5.84 Å². The molecule has 13 heavy (non-hydrogen) atoms. The van der Waals surface area contributed by atoms with Gasteiger partial charge in [-0.15, -0.1) is 10.6 Å². The van der Waals surface area contributed by atoms with E-state index in [2.05, 4.69) is 21.3 Å². The fourth-order valence-electron chi connectivity index (χ4n) is 1.09. The molecule has 0 spiro atoms. The summed E-state index contributed by atoms with van der Waals surface area (Å²) >= 11 is 5.99. The van der Waals surface area contributed by atoms with Crippen molar-refractivity contribution in [3.8, 4) is 0 Å². The Morgan fingerprint density at radius 3 is 2.69 bits per heavy atom. The number of nitrogens with one attached hydrogen (secondary N) is 2. The van der Waals surface area contributed by atoms with Gasteiger partial charge in [-0.25, -0.2) is 5.53 Å². The number of rotatable bonds is 1.